The SMILES string of the molecule is FC(F)(F)C(F)(F)C(F)(F)C(F)(F)C(F)(F)C(F)(F)P(=S)(c1ccccc1)c1ccccc1. The Bertz CT molecular complexity index is 973. The van der Waals surface area contributed by atoms with Crippen molar-refractivity contribution in [3.05, 3.63) is 60.7 Å². The molecule has 0 nitrogen and oxygen atoms in total. The van der Waals surface area contributed by atoms with Crippen LogP contribution in [0.2, 0.25) is 0 Å². The fraction of sp³-hybridized carbons (Fsp3) is 0.333. The summed E-state index contributed by atoms with van der Waals surface area (Å²) in [6, 6.07) is 3.41. The van der Waals surface area contributed by atoms with E-state index in [2.05, 4.69) is 11.8 Å². The average Bonchev–Trinajstić information content (AvgIpc) is 2.72. The summed E-state index contributed by atoms with van der Waals surface area (Å²) in [6.45, 7) is 0. The van der Waals surface area contributed by atoms with Crippen LogP contribution >= 0.6 is 6.04 Å². The third kappa shape index (κ3) is 3.73. The fourth-order valence-corrected chi connectivity index (χ4v) is 6.45. The van der Waals surface area contributed by atoms with Crippen LogP contribution in [0.25, 0.3) is 0 Å². The maximum Gasteiger partial charge on any atom is 0.460 e. The van der Waals surface area contributed by atoms with Crippen LogP contribution in [-0.4, -0.2) is 35.5 Å². The zero-order valence-corrected chi connectivity index (χ0v) is 17.3. The minimum atomic E-state index is -7.97. The van der Waals surface area contributed by atoms with Gasteiger partial charge in [0, 0.05) is 0 Å². The van der Waals surface area contributed by atoms with Crippen LogP contribution in [0.15, 0.2) is 60.7 Å². The minimum Gasteiger partial charge on any atom is -0.193 e. The second-order valence-corrected chi connectivity index (χ2v) is 11.1. The lowest BCUT2D eigenvalue weighted by Gasteiger charge is -2.43. The molecule has 2 aromatic carbocycles. The summed E-state index contributed by atoms with van der Waals surface area (Å²) < 4.78 is 178. The Morgan fingerprint density at radius 3 is 1.06 bits per heavy atom. The third-order valence-corrected chi connectivity index (χ3v) is 9.63. The summed E-state index contributed by atoms with van der Waals surface area (Å²) in [5, 5.41) is -1.81. The van der Waals surface area contributed by atoms with Crippen molar-refractivity contribution in [1.29, 1.82) is 0 Å². The molecule has 0 fully saturated rings. The van der Waals surface area contributed by atoms with Gasteiger partial charge in [-0.15, -0.1) is 0 Å². The predicted octanol–water partition coefficient (Wildman–Crippen LogP) is 6.81. The highest BCUT2D eigenvalue weighted by Gasteiger charge is 2.92. The van der Waals surface area contributed by atoms with Crippen LogP contribution in [0.3, 0.4) is 0 Å². The van der Waals surface area contributed by atoms with Gasteiger partial charge in [0.05, 0.1) is 6.04 Å². The summed E-state index contributed by atoms with van der Waals surface area (Å²) in [5.74, 6) is -31.1. The molecule has 0 aromatic heterocycles. The van der Waals surface area contributed by atoms with Crippen molar-refractivity contribution in [2.45, 2.75) is 35.5 Å². The van der Waals surface area contributed by atoms with Gasteiger partial charge in [-0.1, -0.05) is 72.5 Å². The summed E-state index contributed by atoms with van der Waals surface area (Å²) in [6.07, 6.45) is -7.47. The molecule has 0 atom stereocenters. The Morgan fingerprint density at radius 1 is 0.455 bits per heavy atom. The van der Waals surface area contributed by atoms with Gasteiger partial charge in [0.25, 0.3) is 0 Å². The number of halogens is 13. The molecule has 0 spiro atoms. The fourth-order valence-electron chi connectivity index (χ4n) is 2.71. The predicted molar refractivity (Wildman–Crippen MR) is 97.2 cm³/mol. The zero-order valence-electron chi connectivity index (χ0n) is 15.5. The standard InChI is InChI=1S/C18H10F13PS/c19-13(20,15(23,24)17(27,28)29)14(21,22)16(25,26)18(30,31)32(33,11-7-3-1-4-8-11)12-9-5-2-6-10-12/h1-10H. The van der Waals surface area contributed by atoms with Crippen LogP contribution in [0.5, 0.6) is 0 Å². The van der Waals surface area contributed by atoms with E-state index in [1.54, 1.807) is 0 Å². The van der Waals surface area contributed by atoms with E-state index in [-0.39, 0.29) is 0 Å². The first-order valence-corrected chi connectivity index (χ1v) is 11.2. The molecule has 0 aliphatic rings. The van der Waals surface area contributed by atoms with E-state index in [0.29, 0.717) is 24.3 Å². The van der Waals surface area contributed by atoms with E-state index in [0.717, 1.165) is 24.3 Å². The summed E-state index contributed by atoms with van der Waals surface area (Å²) in [7, 11) is 0. The summed E-state index contributed by atoms with van der Waals surface area (Å²) in [4.78, 5) is 0. The van der Waals surface area contributed by atoms with Gasteiger partial charge < -0.3 is 0 Å². The van der Waals surface area contributed by atoms with Gasteiger partial charge in [-0.05, 0) is 10.6 Å². The smallest absolute Gasteiger partial charge is 0.193 e. The summed E-state index contributed by atoms with van der Waals surface area (Å²) >= 11 is 4.67. The Morgan fingerprint density at radius 2 is 0.758 bits per heavy atom. The molecular formula is C18H10F13PS. The van der Waals surface area contributed by atoms with Crippen LogP contribution in [-0.2, 0) is 11.8 Å². The van der Waals surface area contributed by atoms with Crippen molar-refractivity contribution in [2.75, 3.05) is 0 Å². The Hall–Kier alpha value is -1.82. The largest absolute Gasteiger partial charge is 0.460 e. The van der Waals surface area contributed by atoms with Gasteiger partial charge in [-0.3, -0.25) is 0 Å². The molecule has 0 amide bonds. The number of hydrogen-bond acceptors (Lipinski definition) is 1. The first kappa shape index (κ1) is 27.4. The molecule has 2 aromatic rings. The van der Waals surface area contributed by atoms with Crippen molar-refractivity contribution < 1.29 is 57.1 Å². The molecule has 0 unspecified atom stereocenters. The van der Waals surface area contributed by atoms with Crippen LogP contribution in [0, 0.1) is 0 Å². The van der Waals surface area contributed by atoms with Gasteiger partial charge in [-0.2, -0.15) is 57.1 Å². The highest BCUT2D eigenvalue weighted by atomic mass is 32.4. The molecule has 0 N–H and O–H groups in total. The van der Waals surface area contributed by atoms with Crippen molar-refractivity contribution >= 4 is 28.5 Å². The molecule has 33 heavy (non-hydrogen) atoms. The molecule has 0 saturated carbocycles. The Labute approximate surface area is 182 Å². The molecule has 15 heteroatoms. The summed E-state index contributed by atoms with van der Waals surface area (Å²) in [5.41, 5.74) is -6.40. The van der Waals surface area contributed by atoms with E-state index in [1.165, 1.54) is 12.1 Å². The van der Waals surface area contributed by atoms with Gasteiger partial charge in [-0.25, -0.2) is 0 Å². The average molecular weight is 536 g/mol. The quantitative estimate of drug-likeness (QED) is 0.277. The maximum absolute atomic E-state index is 15.2. The Balaban J connectivity index is 2.84. The molecule has 0 saturated heterocycles. The van der Waals surface area contributed by atoms with Crippen LogP contribution in [0.1, 0.15) is 0 Å². The molecule has 0 aliphatic heterocycles. The van der Waals surface area contributed by atoms with Gasteiger partial charge in [0.15, 0.2) is 0 Å². The minimum absolute atomic E-state index is 0.693. The van der Waals surface area contributed by atoms with Crippen molar-refractivity contribution in [2.24, 2.45) is 0 Å². The van der Waals surface area contributed by atoms with Crippen molar-refractivity contribution in [1.82, 2.24) is 0 Å². The van der Waals surface area contributed by atoms with E-state index in [9.17, 15) is 48.3 Å². The maximum atomic E-state index is 15.2. The lowest BCUT2D eigenvalue weighted by molar-refractivity contribution is -0.433. The second kappa shape index (κ2) is 8.14. The molecule has 0 bridgehead atoms. The topological polar surface area (TPSA) is 0 Å². The zero-order chi connectivity index (χ0) is 25.7. The highest BCUT2D eigenvalue weighted by Crippen LogP contribution is 2.70. The van der Waals surface area contributed by atoms with E-state index in [1.807, 2.05) is 0 Å². The molecule has 0 heterocycles. The first-order chi connectivity index (χ1) is 14.7. The van der Waals surface area contributed by atoms with Crippen LogP contribution in [0.4, 0.5) is 57.1 Å². The van der Waals surface area contributed by atoms with Gasteiger partial charge >= 0.3 is 35.5 Å². The molecule has 0 aliphatic carbocycles. The third-order valence-electron chi connectivity index (χ3n) is 4.55. The van der Waals surface area contributed by atoms with Crippen molar-refractivity contribution in [3.63, 3.8) is 0 Å². The van der Waals surface area contributed by atoms with E-state index < -0.39 is 52.2 Å². The number of hydrogen-bond donors (Lipinski definition) is 0. The van der Waals surface area contributed by atoms with Crippen LogP contribution < -0.4 is 10.6 Å². The molecule has 184 valence electrons. The van der Waals surface area contributed by atoms with Gasteiger partial charge in [0.1, 0.15) is 0 Å². The Kier molecular flexibility index (Phi) is 6.77. The highest BCUT2D eigenvalue weighted by molar-refractivity contribution is 8.22. The lowest BCUT2D eigenvalue weighted by Crippen LogP contribution is -2.70. The monoisotopic (exact) mass is 536 g/mol. The molecule has 0 radical (unpaired) electrons. The number of benzene rings is 2. The molecular weight excluding hydrogens is 526 g/mol. The molecule has 2 rings (SSSR count). The lowest BCUT2D eigenvalue weighted by atomic mass is 9.98. The number of rotatable bonds is 7. The van der Waals surface area contributed by atoms with Gasteiger partial charge in [0.2, 0.25) is 0 Å². The normalized spacial score (nSPS) is 14.9. The van der Waals surface area contributed by atoms with Crippen molar-refractivity contribution in [3.8, 4) is 0 Å². The van der Waals surface area contributed by atoms with E-state index in [4.69, 9.17) is 0 Å². The second-order valence-electron chi connectivity index (χ2n) is 6.62. The number of alkyl halides is 13. The van der Waals surface area contributed by atoms with E-state index >= 15 is 8.78 Å². The first-order valence-electron chi connectivity index (χ1n) is 8.38.